The van der Waals surface area contributed by atoms with Gasteiger partial charge in [-0.15, -0.1) is 11.8 Å². The van der Waals surface area contributed by atoms with Crippen molar-refractivity contribution in [2.24, 2.45) is 12.0 Å². The molecule has 0 atom stereocenters. The summed E-state index contributed by atoms with van der Waals surface area (Å²) in [6.07, 6.45) is 1.97. The number of benzene rings is 2. The van der Waals surface area contributed by atoms with Crippen molar-refractivity contribution in [1.82, 2.24) is 4.57 Å². The average molecular weight is 383 g/mol. The third kappa shape index (κ3) is 3.19. The Bertz CT molecular complexity index is 976. The first-order chi connectivity index (χ1) is 11.0. The fourth-order valence-corrected chi connectivity index (χ4v) is 4.17. The number of nitrogens with zero attached hydrogens (tertiary/aromatic N) is 2. The lowest BCUT2D eigenvalue weighted by Gasteiger charge is -2.00. The van der Waals surface area contributed by atoms with E-state index in [1.54, 1.807) is 28.5 Å². The van der Waals surface area contributed by atoms with Gasteiger partial charge in [0.15, 0.2) is 4.80 Å². The molecule has 0 aliphatic heterocycles. The number of carbonyl (C=O) groups is 1. The van der Waals surface area contributed by atoms with Gasteiger partial charge >= 0.3 is 0 Å². The Morgan fingerprint density at radius 3 is 2.78 bits per heavy atom. The summed E-state index contributed by atoms with van der Waals surface area (Å²) >= 11 is 15.3. The van der Waals surface area contributed by atoms with Gasteiger partial charge in [-0.1, -0.05) is 40.6 Å². The Hall–Kier alpha value is -1.27. The van der Waals surface area contributed by atoms with Gasteiger partial charge in [-0.05, 0) is 36.6 Å². The number of rotatable bonds is 2. The van der Waals surface area contributed by atoms with E-state index in [-0.39, 0.29) is 5.91 Å². The predicted octanol–water partition coefficient (Wildman–Crippen LogP) is 5.01. The molecule has 118 valence electrons. The van der Waals surface area contributed by atoms with Crippen LogP contribution in [0.3, 0.4) is 0 Å². The van der Waals surface area contributed by atoms with Gasteiger partial charge in [0.1, 0.15) is 0 Å². The second-order valence-corrected chi connectivity index (χ2v) is 7.47. The highest BCUT2D eigenvalue weighted by Gasteiger charge is 2.12. The van der Waals surface area contributed by atoms with Crippen molar-refractivity contribution in [1.29, 1.82) is 0 Å². The van der Waals surface area contributed by atoms with E-state index in [1.807, 2.05) is 37.6 Å². The summed E-state index contributed by atoms with van der Waals surface area (Å²) in [5.41, 5.74) is 1.35. The maximum Gasteiger partial charge on any atom is 0.279 e. The average Bonchev–Trinajstić information content (AvgIpc) is 2.87. The van der Waals surface area contributed by atoms with Crippen LogP contribution in [0.25, 0.3) is 10.2 Å². The zero-order valence-corrected chi connectivity index (χ0v) is 15.5. The van der Waals surface area contributed by atoms with Gasteiger partial charge in [0.05, 0.1) is 20.3 Å². The van der Waals surface area contributed by atoms with Gasteiger partial charge in [-0.25, -0.2) is 0 Å². The number of thiazole rings is 1. The minimum Gasteiger partial charge on any atom is -0.318 e. The van der Waals surface area contributed by atoms with E-state index in [1.165, 1.54) is 11.3 Å². The maximum atomic E-state index is 12.4. The van der Waals surface area contributed by atoms with Crippen molar-refractivity contribution in [2.45, 2.75) is 4.90 Å². The number of hydrogen-bond acceptors (Lipinski definition) is 3. The van der Waals surface area contributed by atoms with Gasteiger partial charge < -0.3 is 4.57 Å². The van der Waals surface area contributed by atoms with Gasteiger partial charge in [-0.3, -0.25) is 4.79 Å². The predicted molar refractivity (Wildman–Crippen MR) is 98.9 cm³/mol. The van der Waals surface area contributed by atoms with Crippen LogP contribution < -0.4 is 4.80 Å². The van der Waals surface area contributed by atoms with Gasteiger partial charge in [0.25, 0.3) is 5.91 Å². The van der Waals surface area contributed by atoms with E-state index < -0.39 is 0 Å². The van der Waals surface area contributed by atoms with Crippen LogP contribution >= 0.6 is 46.3 Å². The van der Waals surface area contributed by atoms with Crippen LogP contribution in [0.4, 0.5) is 0 Å². The molecule has 0 aliphatic carbocycles. The molecular formula is C16H12Cl2N2OS2. The molecule has 1 aromatic heterocycles. The molecule has 3 aromatic rings. The summed E-state index contributed by atoms with van der Waals surface area (Å²) in [5.74, 6) is -0.273. The first kappa shape index (κ1) is 16.6. The second kappa shape index (κ2) is 6.69. The van der Waals surface area contributed by atoms with Crippen molar-refractivity contribution >= 4 is 62.4 Å². The lowest BCUT2D eigenvalue weighted by molar-refractivity contribution is 0.0997. The summed E-state index contributed by atoms with van der Waals surface area (Å²) in [6, 6.07) is 11.1. The van der Waals surface area contributed by atoms with Crippen molar-refractivity contribution in [3.8, 4) is 0 Å². The van der Waals surface area contributed by atoms with E-state index in [0.29, 0.717) is 20.4 Å². The number of carbonyl (C=O) groups excluding carboxylic acids is 1. The summed E-state index contributed by atoms with van der Waals surface area (Å²) in [5, 5.41) is 0.958. The molecule has 23 heavy (non-hydrogen) atoms. The molecule has 0 fully saturated rings. The van der Waals surface area contributed by atoms with Crippen LogP contribution in [0.5, 0.6) is 0 Å². The Kier molecular flexibility index (Phi) is 4.82. The van der Waals surface area contributed by atoms with Crippen LogP contribution in [0.15, 0.2) is 46.3 Å². The molecule has 0 saturated heterocycles. The van der Waals surface area contributed by atoms with E-state index in [9.17, 15) is 4.79 Å². The maximum absolute atomic E-state index is 12.4. The summed E-state index contributed by atoms with van der Waals surface area (Å²) < 4.78 is 2.73. The molecule has 7 heteroatoms. The van der Waals surface area contributed by atoms with Crippen molar-refractivity contribution in [2.75, 3.05) is 6.26 Å². The molecular weight excluding hydrogens is 371 g/mol. The van der Waals surface area contributed by atoms with E-state index in [4.69, 9.17) is 23.2 Å². The molecule has 0 spiro atoms. The quantitative estimate of drug-likeness (QED) is 0.583. The SMILES string of the molecule is CSc1cccc(C(=O)N=c2sc3ccc(Cl)c(Cl)c3n2C)c1. The van der Waals surface area contributed by atoms with Gasteiger partial charge in [0, 0.05) is 17.5 Å². The monoisotopic (exact) mass is 382 g/mol. The van der Waals surface area contributed by atoms with Crippen molar-refractivity contribution in [3.63, 3.8) is 0 Å². The smallest absolute Gasteiger partial charge is 0.279 e. The Morgan fingerprint density at radius 2 is 2.04 bits per heavy atom. The van der Waals surface area contributed by atoms with Crippen LogP contribution in [0.2, 0.25) is 10.0 Å². The highest BCUT2D eigenvalue weighted by Crippen LogP contribution is 2.31. The lowest BCUT2D eigenvalue weighted by Crippen LogP contribution is -2.13. The Labute approximate surface area is 151 Å². The minimum absolute atomic E-state index is 0.273. The number of hydrogen-bond donors (Lipinski definition) is 0. The molecule has 0 aliphatic rings. The zero-order valence-electron chi connectivity index (χ0n) is 12.3. The fraction of sp³-hybridized carbons (Fsp3) is 0.125. The van der Waals surface area contributed by atoms with Gasteiger partial charge in [-0.2, -0.15) is 4.99 Å². The van der Waals surface area contributed by atoms with Crippen LogP contribution in [-0.2, 0) is 7.05 Å². The number of fused-ring (bicyclic) bond motifs is 1. The third-order valence-corrected chi connectivity index (χ3v) is 5.99. The highest BCUT2D eigenvalue weighted by molar-refractivity contribution is 7.98. The fourth-order valence-electron chi connectivity index (χ4n) is 2.18. The van der Waals surface area contributed by atoms with Crippen LogP contribution in [-0.4, -0.2) is 16.7 Å². The number of aryl methyl sites for hydroxylation is 1. The molecule has 0 radical (unpaired) electrons. The number of aromatic nitrogens is 1. The standard InChI is InChI=1S/C16H12Cl2N2OS2/c1-20-14-12(7-6-11(17)13(14)18)23-16(20)19-15(21)9-4-3-5-10(8-9)22-2/h3-8H,1-2H3. The molecule has 0 bridgehead atoms. The molecule has 1 amide bonds. The molecule has 3 nitrogen and oxygen atoms in total. The molecule has 0 unspecified atom stereocenters. The number of thioether (sulfide) groups is 1. The topological polar surface area (TPSA) is 34.4 Å². The normalized spacial score (nSPS) is 12.1. The second-order valence-electron chi connectivity index (χ2n) is 4.80. The van der Waals surface area contributed by atoms with E-state index in [0.717, 1.165) is 15.1 Å². The third-order valence-electron chi connectivity index (χ3n) is 3.37. The first-order valence-electron chi connectivity index (χ1n) is 6.68. The molecule has 1 heterocycles. The summed E-state index contributed by atoms with van der Waals surface area (Å²) in [7, 11) is 1.82. The Morgan fingerprint density at radius 1 is 1.26 bits per heavy atom. The van der Waals surface area contributed by atoms with Gasteiger partial charge in [0.2, 0.25) is 0 Å². The van der Waals surface area contributed by atoms with Crippen LogP contribution in [0.1, 0.15) is 10.4 Å². The highest BCUT2D eigenvalue weighted by atomic mass is 35.5. The largest absolute Gasteiger partial charge is 0.318 e. The Balaban J connectivity index is 2.12. The number of halogens is 2. The van der Waals surface area contributed by atoms with Crippen LogP contribution in [0, 0.1) is 0 Å². The molecule has 0 saturated carbocycles. The first-order valence-corrected chi connectivity index (χ1v) is 9.47. The van der Waals surface area contributed by atoms with Crippen molar-refractivity contribution in [3.05, 3.63) is 56.8 Å². The minimum atomic E-state index is -0.273. The van der Waals surface area contributed by atoms with E-state index >= 15 is 0 Å². The van der Waals surface area contributed by atoms with Crippen molar-refractivity contribution < 1.29 is 4.79 Å². The number of amides is 1. The lowest BCUT2D eigenvalue weighted by atomic mass is 10.2. The molecule has 3 rings (SSSR count). The summed E-state index contributed by atoms with van der Waals surface area (Å²) in [4.78, 5) is 18.3. The molecule has 0 N–H and O–H groups in total. The van der Waals surface area contributed by atoms with E-state index in [2.05, 4.69) is 4.99 Å². The molecule has 2 aromatic carbocycles. The summed E-state index contributed by atoms with van der Waals surface area (Å²) in [6.45, 7) is 0. The zero-order chi connectivity index (χ0) is 16.6.